The minimum atomic E-state index is -0.859. The highest BCUT2D eigenvalue weighted by Gasteiger charge is 2.22. The van der Waals surface area contributed by atoms with Crippen molar-refractivity contribution in [1.29, 1.82) is 0 Å². The molecule has 0 saturated heterocycles. The molecule has 4 aromatic rings. The lowest BCUT2D eigenvalue weighted by Crippen LogP contribution is -2.28. The van der Waals surface area contributed by atoms with Crippen molar-refractivity contribution in [3.63, 3.8) is 0 Å². The van der Waals surface area contributed by atoms with Crippen LogP contribution in [-0.4, -0.2) is 25.7 Å². The Morgan fingerprint density at radius 1 is 1.28 bits per heavy atom. The van der Waals surface area contributed by atoms with Crippen LogP contribution in [-0.2, 0) is 0 Å². The first-order valence-corrected chi connectivity index (χ1v) is 8.80. The van der Waals surface area contributed by atoms with Crippen molar-refractivity contribution in [3.05, 3.63) is 74.7 Å². The number of nitrogens with zero attached hydrogens (tertiary/aromatic N) is 4. The summed E-state index contributed by atoms with van der Waals surface area (Å²) in [6.45, 7) is 3.53. The molecule has 146 valence electrons. The van der Waals surface area contributed by atoms with Crippen LogP contribution in [0, 0.1) is 19.7 Å². The van der Waals surface area contributed by atoms with Crippen molar-refractivity contribution >= 4 is 34.6 Å². The molecule has 8 nitrogen and oxygen atoms in total. The lowest BCUT2D eigenvalue weighted by Gasteiger charge is -2.13. The molecule has 29 heavy (non-hydrogen) atoms. The molecule has 0 radical (unpaired) electrons. The Hall–Kier alpha value is -3.59. The molecule has 1 aromatic carbocycles. The fourth-order valence-corrected chi connectivity index (χ4v) is 2.92. The highest BCUT2D eigenvalue weighted by atomic mass is 35.5. The maximum Gasteiger partial charge on any atom is 0.301 e. The molecule has 1 N–H and O–H groups in total. The zero-order chi connectivity index (χ0) is 20.7. The molecule has 0 atom stereocenters. The van der Waals surface area contributed by atoms with E-state index in [9.17, 15) is 14.0 Å². The number of anilines is 1. The number of carbonyl (C=O) groups is 1. The number of hydrogen-bond donors (Lipinski definition) is 1. The Kier molecular flexibility index (Phi) is 4.59. The summed E-state index contributed by atoms with van der Waals surface area (Å²) in [5.41, 5.74) is 0.442. The van der Waals surface area contributed by atoms with Crippen LogP contribution in [0.3, 0.4) is 0 Å². The van der Waals surface area contributed by atoms with Gasteiger partial charge in [0.05, 0.1) is 11.7 Å². The SMILES string of the molecule is Cc1cc2c(nc1C)c(=O)c(C(=O)Nc1ncco1)nn2-c1ccc(Cl)cc1F. The Bertz CT molecular complexity index is 1320. The van der Waals surface area contributed by atoms with E-state index < -0.39 is 22.8 Å². The fourth-order valence-electron chi connectivity index (χ4n) is 2.76. The summed E-state index contributed by atoms with van der Waals surface area (Å²) in [7, 11) is 0. The first kappa shape index (κ1) is 18.8. The van der Waals surface area contributed by atoms with Gasteiger partial charge in [0, 0.05) is 10.7 Å². The first-order chi connectivity index (χ1) is 13.8. The highest BCUT2D eigenvalue weighted by Crippen LogP contribution is 2.22. The number of halogens is 2. The van der Waals surface area contributed by atoms with E-state index in [1.165, 1.54) is 24.6 Å². The van der Waals surface area contributed by atoms with Crippen molar-refractivity contribution in [3.8, 4) is 5.69 Å². The zero-order valence-electron chi connectivity index (χ0n) is 15.2. The Morgan fingerprint density at radius 2 is 2.07 bits per heavy atom. The minimum Gasteiger partial charge on any atom is -0.432 e. The molecule has 3 heterocycles. The molecule has 0 spiro atoms. The third-order valence-corrected chi connectivity index (χ3v) is 4.55. The normalized spacial score (nSPS) is 11.0. The Balaban J connectivity index is 2.00. The van der Waals surface area contributed by atoms with Gasteiger partial charge in [-0.25, -0.2) is 19.0 Å². The van der Waals surface area contributed by atoms with E-state index in [-0.39, 0.29) is 27.8 Å². The summed E-state index contributed by atoms with van der Waals surface area (Å²) < 4.78 is 20.7. The molecule has 0 fully saturated rings. The molecule has 3 aromatic heterocycles. The molecule has 0 aliphatic carbocycles. The van der Waals surface area contributed by atoms with Crippen LogP contribution in [0.5, 0.6) is 0 Å². The van der Waals surface area contributed by atoms with Gasteiger partial charge in [0.15, 0.2) is 5.69 Å². The lowest BCUT2D eigenvalue weighted by molar-refractivity contribution is 0.101. The number of fused-ring (bicyclic) bond motifs is 1. The summed E-state index contributed by atoms with van der Waals surface area (Å²) in [5.74, 6) is -1.53. The number of amides is 1. The highest BCUT2D eigenvalue weighted by molar-refractivity contribution is 6.30. The molecule has 10 heteroatoms. The maximum absolute atomic E-state index is 14.6. The number of rotatable bonds is 3. The summed E-state index contributed by atoms with van der Waals surface area (Å²) in [4.78, 5) is 33.6. The van der Waals surface area contributed by atoms with E-state index in [1.807, 2.05) is 0 Å². The number of benzene rings is 1. The summed E-state index contributed by atoms with van der Waals surface area (Å²) in [6, 6.07) is 5.56. The van der Waals surface area contributed by atoms with Crippen molar-refractivity contribution in [2.45, 2.75) is 13.8 Å². The lowest BCUT2D eigenvalue weighted by atomic mass is 10.1. The monoisotopic (exact) mass is 413 g/mol. The van der Waals surface area contributed by atoms with Gasteiger partial charge in [-0.1, -0.05) is 11.6 Å². The van der Waals surface area contributed by atoms with Crippen molar-refractivity contribution in [2.75, 3.05) is 5.32 Å². The second-order valence-corrected chi connectivity index (χ2v) is 6.67. The van der Waals surface area contributed by atoms with E-state index in [1.54, 1.807) is 19.9 Å². The number of pyridine rings is 1. The van der Waals surface area contributed by atoms with Gasteiger partial charge in [-0.05, 0) is 43.7 Å². The van der Waals surface area contributed by atoms with Gasteiger partial charge in [-0.3, -0.25) is 14.9 Å². The number of oxazole rings is 1. The molecule has 1 amide bonds. The average molecular weight is 414 g/mol. The second kappa shape index (κ2) is 7.10. The molecule has 0 aliphatic rings. The van der Waals surface area contributed by atoms with E-state index in [0.29, 0.717) is 5.69 Å². The predicted octanol–water partition coefficient (Wildman–Crippen LogP) is 3.43. The molecule has 0 saturated carbocycles. The molecule has 4 rings (SSSR count). The van der Waals surface area contributed by atoms with Crippen molar-refractivity contribution in [2.24, 2.45) is 0 Å². The van der Waals surface area contributed by atoms with Crippen LogP contribution in [0.1, 0.15) is 21.7 Å². The van der Waals surface area contributed by atoms with Crippen LogP contribution in [0.25, 0.3) is 16.7 Å². The predicted molar refractivity (Wildman–Crippen MR) is 104 cm³/mol. The number of carbonyl (C=O) groups excluding carboxylic acids is 1. The number of aromatic nitrogens is 4. The number of nitrogens with one attached hydrogen (secondary N) is 1. The Labute approximate surface area is 168 Å². The van der Waals surface area contributed by atoms with Gasteiger partial charge in [0.1, 0.15) is 23.3 Å². The van der Waals surface area contributed by atoms with E-state index in [4.69, 9.17) is 16.0 Å². The minimum absolute atomic E-state index is 0.00891. The van der Waals surface area contributed by atoms with E-state index in [2.05, 4.69) is 20.4 Å². The fraction of sp³-hybridized carbons (Fsp3) is 0.105. The number of aryl methyl sites for hydroxylation is 2. The van der Waals surface area contributed by atoms with Crippen LogP contribution < -0.4 is 10.7 Å². The van der Waals surface area contributed by atoms with Gasteiger partial charge in [0.25, 0.3) is 5.91 Å². The second-order valence-electron chi connectivity index (χ2n) is 6.24. The molecular weight excluding hydrogens is 401 g/mol. The third kappa shape index (κ3) is 3.36. The average Bonchev–Trinajstić information content (AvgIpc) is 3.17. The van der Waals surface area contributed by atoms with Gasteiger partial charge in [0.2, 0.25) is 5.43 Å². The van der Waals surface area contributed by atoms with Gasteiger partial charge >= 0.3 is 6.01 Å². The quantitative estimate of drug-likeness (QED) is 0.552. The van der Waals surface area contributed by atoms with Gasteiger partial charge in [-0.2, -0.15) is 5.10 Å². The third-order valence-electron chi connectivity index (χ3n) is 4.31. The zero-order valence-corrected chi connectivity index (χ0v) is 16.0. The largest absolute Gasteiger partial charge is 0.432 e. The van der Waals surface area contributed by atoms with Crippen LogP contribution in [0.2, 0.25) is 5.02 Å². The van der Waals surface area contributed by atoms with Crippen molar-refractivity contribution in [1.82, 2.24) is 19.7 Å². The van der Waals surface area contributed by atoms with Gasteiger partial charge < -0.3 is 4.42 Å². The van der Waals surface area contributed by atoms with Crippen molar-refractivity contribution < 1.29 is 13.6 Å². The smallest absolute Gasteiger partial charge is 0.301 e. The summed E-state index contributed by atoms with van der Waals surface area (Å²) in [5, 5.41) is 6.65. The first-order valence-electron chi connectivity index (χ1n) is 8.42. The molecule has 0 aliphatic heterocycles. The Morgan fingerprint density at radius 3 is 2.76 bits per heavy atom. The van der Waals surface area contributed by atoms with Crippen LogP contribution in [0.4, 0.5) is 10.4 Å². The van der Waals surface area contributed by atoms with E-state index in [0.717, 1.165) is 16.3 Å². The summed E-state index contributed by atoms with van der Waals surface area (Å²) >= 11 is 5.84. The molecular formula is C19H13ClFN5O3. The van der Waals surface area contributed by atoms with Gasteiger partial charge in [-0.15, -0.1) is 0 Å². The van der Waals surface area contributed by atoms with Crippen LogP contribution >= 0.6 is 11.6 Å². The summed E-state index contributed by atoms with van der Waals surface area (Å²) in [6.07, 6.45) is 2.59. The van der Waals surface area contributed by atoms with Crippen LogP contribution in [0.15, 0.2) is 45.9 Å². The molecule has 0 unspecified atom stereocenters. The molecule has 0 bridgehead atoms. The maximum atomic E-state index is 14.6. The topological polar surface area (TPSA) is 103 Å². The standard InChI is InChI=1S/C19H13ClFN5O3/c1-9-7-14-15(23-10(9)2)17(27)16(18(28)24-19-22-5-6-29-19)25-26(14)13-4-3-11(20)8-12(13)21/h3-8H,1-2H3,(H,22,24,28). The number of hydrogen-bond acceptors (Lipinski definition) is 6. The van der Waals surface area contributed by atoms with E-state index >= 15 is 0 Å².